The molecule has 1 unspecified atom stereocenters. The monoisotopic (exact) mass is 236 g/mol. The van der Waals surface area contributed by atoms with Crippen LogP contribution in [0, 0.1) is 5.92 Å². The largest absolute Gasteiger partial charge is 0.367 e. The van der Waals surface area contributed by atoms with E-state index >= 15 is 0 Å². The molecule has 1 aromatic rings. The predicted molar refractivity (Wildman–Crippen MR) is 68.2 cm³/mol. The second-order valence-electron chi connectivity index (χ2n) is 4.80. The minimum atomic E-state index is 0.671. The third kappa shape index (κ3) is 2.04. The van der Waals surface area contributed by atoms with Gasteiger partial charge in [0.1, 0.15) is 0 Å². The molecule has 0 aromatic heterocycles. The molecular weight excluding hydrogens is 220 g/mol. The molecule has 1 aliphatic heterocycles. The maximum absolute atomic E-state index is 6.24. The van der Waals surface area contributed by atoms with Crippen molar-refractivity contribution in [2.45, 2.75) is 18.9 Å². The molecule has 2 aliphatic rings. The summed E-state index contributed by atoms with van der Waals surface area (Å²) in [6, 6.07) is 8.83. The summed E-state index contributed by atoms with van der Waals surface area (Å²) in [7, 11) is 0. The average molecular weight is 237 g/mol. The Morgan fingerprint density at radius 1 is 1.25 bits per heavy atom. The lowest BCUT2D eigenvalue weighted by Crippen LogP contribution is -2.51. The van der Waals surface area contributed by atoms with Gasteiger partial charge in [0.25, 0.3) is 0 Å². The van der Waals surface area contributed by atoms with Crippen molar-refractivity contribution in [1.29, 1.82) is 0 Å². The number of hydrogen-bond donors (Lipinski definition) is 1. The van der Waals surface area contributed by atoms with Crippen LogP contribution in [0.3, 0.4) is 0 Å². The Morgan fingerprint density at radius 3 is 2.81 bits per heavy atom. The number of nitrogens with one attached hydrogen (secondary N) is 1. The zero-order valence-electron chi connectivity index (χ0n) is 9.32. The maximum atomic E-state index is 6.24. The summed E-state index contributed by atoms with van der Waals surface area (Å²) >= 11 is 6.24. The number of nitrogens with zero attached hydrogens (tertiary/aromatic N) is 1. The SMILES string of the molecule is Clc1ccccc1N1CCNC(C2CC2)C1. The van der Waals surface area contributed by atoms with E-state index < -0.39 is 0 Å². The molecule has 1 aliphatic carbocycles. The topological polar surface area (TPSA) is 15.3 Å². The smallest absolute Gasteiger partial charge is 0.0639 e. The molecule has 2 nitrogen and oxygen atoms in total. The van der Waals surface area contributed by atoms with Gasteiger partial charge in [-0.3, -0.25) is 0 Å². The molecule has 0 amide bonds. The molecule has 3 rings (SSSR count). The molecule has 0 bridgehead atoms. The number of hydrogen-bond acceptors (Lipinski definition) is 2. The first-order valence-corrected chi connectivity index (χ1v) is 6.45. The van der Waals surface area contributed by atoms with Gasteiger partial charge in [-0.25, -0.2) is 0 Å². The van der Waals surface area contributed by atoms with Gasteiger partial charge < -0.3 is 10.2 Å². The van der Waals surface area contributed by atoms with Crippen molar-refractivity contribution in [1.82, 2.24) is 5.32 Å². The molecular formula is C13H17ClN2. The van der Waals surface area contributed by atoms with Crippen LogP contribution in [0.1, 0.15) is 12.8 Å². The number of rotatable bonds is 2. The van der Waals surface area contributed by atoms with Crippen molar-refractivity contribution in [3.05, 3.63) is 29.3 Å². The van der Waals surface area contributed by atoms with Crippen molar-refractivity contribution in [3.8, 4) is 0 Å². The quantitative estimate of drug-likeness (QED) is 0.849. The van der Waals surface area contributed by atoms with Crippen LogP contribution >= 0.6 is 11.6 Å². The minimum absolute atomic E-state index is 0.671. The zero-order chi connectivity index (χ0) is 11.0. The van der Waals surface area contributed by atoms with Crippen molar-refractivity contribution < 1.29 is 0 Å². The molecule has 1 atom stereocenters. The summed E-state index contributed by atoms with van der Waals surface area (Å²) in [5.74, 6) is 0.908. The zero-order valence-corrected chi connectivity index (χ0v) is 10.1. The Kier molecular flexibility index (Phi) is 2.78. The van der Waals surface area contributed by atoms with E-state index in [1.54, 1.807) is 0 Å². The Morgan fingerprint density at radius 2 is 2.06 bits per heavy atom. The van der Waals surface area contributed by atoms with E-state index in [0.717, 1.165) is 30.6 Å². The third-order valence-electron chi connectivity index (χ3n) is 3.59. The fourth-order valence-electron chi connectivity index (χ4n) is 2.52. The summed E-state index contributed by atoms with van der Waals surface area (Å²) in [4.78, 5) is 2.42. The number of halogens is 1. The summed E-state index contributed by atoms with van der Waals surface area (Å²) in [5, 5.41) is 4.49. The highest BCUT2D eigenvalue weighted by molar-refractivity contribution is 6.33. The van der Waals surface area contributed by atoms with Gasteiger partial charge >= 0.3 is 0 Å². The lowest BCUT2D eigenvalue weighted by molar-refractivity contribution is 0.419. The predicted octanol–water partition coefficient (Wildman–Crippen LogP) is 2.53. The Balaban J connectivity index is 1.76. The fraction of sp³-hybridized carbons (Fsp3) is 0.538. The standard InChI is InChI=1S/C13H17ClN2/c14-11-3-1-2-4-13(11)16-8-7-15-12(9-16)10-5-6-10/h1-4,10,12,15H,5-9H2. The van der Waals surface area contributed by atoms with Gasteiger partial charge in [-0.15, -0.1) is 0 Å². The molecule has 1 N–H and O–H groups in total. The second kappa shape index (κ2) is 4.27. The number of piperazine rings is 1. The molecule has 16 heavy (non-hydrogen) atoms. The van der Waals surface area contributed by atoms with E-state index in [1.807, 2.05) is 12.1 Å². The Bertz CT molecular complexity index is 376. The van der Waals surface area contributed by atoms with Crippen LogP contribution in [0.5, 0.6) is 0 Å². The van der Waals surface area contributed by atoms with Crippen LogP contribution < -0.4 is 10.2 Å². The van der Waals surface area contributed by atoms with Crippen molar-refractivity contribution >= 4 is 17.3 Å². The fourth-order valence-corrected chi connectivity index (χ4v) is 2.77. The van der Waals surface area contributed by atoms with E-state index in [-0.39, 0.29) is 0 Å². The van der Waals surface area contributed by atoms with Crippen molar-refractivity contribution in [2.75, 3.05) is 24.5 Å². The Labute approximate surface area is 102 Å². The van der Waals surface area contributed by atoms with Crippen LogP contribution in [-0.4, -0.2) is 25.7 Å². The summed E-state index contributed by atoms with van der Waals surface area (Å²) in [6.07, 6.45) is 2.79. The molecule has 1 saturated carbocycles. The lowest BCUT2D eigenvalue weighted by Gasteiger charge is -2.36. The molecule has 2 fully saturated rings. The van der Waals surface area contributed by atoms with Gasteiger partial charge in [0.15, 0.2) is 0 Å². The van der Waals surface area contributed by atoms with Gasteiger partial charge in [0.2, 0.25) is 0 Å². The molecule has 3 heteroatoms. The lowest BCUT2D eigenvalue weighted by atomic mass is 10.1. The summed E-state index contributed by atoms with van der Waals surface area (Å²) in [6.45, 7) is 3.24. The van der Waals surface area contributed by atoms with Gasteiger partial charge in [-0.1, -0.05) is 23.7 Å². The highest BCUT2D eigenvalue weighted by Gasteiger charge is 2.34. The van der Waals surface area contributed by atoms with Crippen LogP contribution in [0.2, 0.25) is 5.02 Å². The highest BCUT2D eigenvalue weighted by Crippen LogP contribution is 2.35. The third-order valence-corrected chi connectivity index (χ3v) is 3.91. The first kappa shape index (κ1) is 10.4. The first-order valence-electron chi connectivity index (χ1n) is 6.07. The van der Waals surface area contributed by atoms with E-state index in [0.29, 0.717) is 6.04 Å². The van der Waals surface area contributed by atoms with E-state index in [9.17, 15) is 0 Å². The molecule has 1 aromatic carbocycles. The summed E-state index contributed by atoms with van der Waals surface area (Å²) in [5.41, 5.74) is 1.19. The van der Waals surface area contributed by atoms with Crippen LogP contribution in [0.4, 0.5) is 5.69 Å². The van der Waals surface area contributed by atoms with Crippen LogP contribution in [-0.2, 0) is 0 Å². The van der Waals surface area contributed by atoms with Crippen molar-refractivity contribution in [2.24, 2.45) is 5.92 Å². The molecule has 1 heterocycles. The highest BCUT2D eigenvalue weighted by atomic mass is 35.5. The first-order chi connectivity index (χ1) is 7.84. The van der Waals surface area contributed by atoms with Crippen LogP contribution in [0.25, 0.3) is 0 Å². The minimum Gasteiger partial charge on any atom is -0.367 e. The number of anilines is 1. The maximum Gasteiger partial charge on any atom is 0.0639 e. The number of para-hydroxylation sites is 1. The van der Waals surface area contributed by atoms with Crippen LogP contribution in [0.15, 0.2) is 24.3 Å². The van der Waals surface area contributed by atoms with Gasteiger partial charge in [-0.2, -0.15) is 0 Å². The van der Waals surface area contributed by atoms with E-state index in [4.69, 9.17) is 11.6 Å². The molecule has 1 saturated heterocycles. The normalized spacial score (nSPS) is 25.8. The van der Waals surface area contributed by atoms with Gasteiger partial charge in [0.05, 0.1) is 10.7 Å². The molecule has 86 valence electrons. The molecule has 0 spiro atoms. The number of benzene rings is 1. The van der Waals surface area contributed by atoms with E-state index in [2.05, 4.69) is 22.3 Å². The van der Waals surface area contributed by atoms with Gasteiger partial charge in [-0.05, 0) is 30.9 Å². The molecule has 0 radical (unpaired) electrons. The second-order valence-corrected chi connectivity index (χ2v) is 5.20. The Hall–Kier alpha value is -0.730. The summed E-state index contributed by atoms with van der Waals surface area (Å²) < 4.78 is 0. The van der Waals surface area contributed by atoms with Gasteiger partial charge in [0, 0.05) is 25.7 Å². The average Bonchev–Trinajstić information content (AvgIpc) is 3.14. The van der Waals surface area contributed by atoms with E-state index in [1.165, 1.54) is 18.5 Å². The van der Waals surface area contributed by atoms with Crippen molar-refractivity contribution in [3.63, 3.8) is 0 Å².